The number of nitrogens with zero attached hydrogens (tertiary/aromatic N) is 3. The van der Waals surface area contributed by atoms with Gasteiger partial charge in [-0.25, -0.2) is 4.98 Å². The molecule has 2 aromatic carbocycles. The van der Waals surface area contributed by atoms with Crippen LogP contribution in [0.1, 0.15) is 29.4 Å². The van der Waals surface area contributed by atoms with Gasteiger partial charge in [0.05, 0.1) is 0 Å². The fourth-order valence-electron chi connectivity index (χ4n) is 3.26. The van der Waals surface area contributed by atoms with Crippen LogP contribution in [0.3, 0.4) is 0 Å². The van der Waals surface area contributed by atoms with E-state index < -0.39 is 0 Å². The van der Waals surface area contributed by atoms with E-state index in [1.807, 2.05) is 18.5 Å². The largest absolute Gasteiger partial charge is 0.356 e. The Kier molecular flexibility index (Phi) is 9.70. The third-order valence-electron chi connectivity index (χ3n) is 4.81. The third-order valence-corrected chi connectivity index (χ3v) is 4.81. The van der Waals surface area contributed by atoms with E-state index in [0.29, 0.717) is 0 Å². The Morgan fingerprint density at radius 1 is 1.00 bits per heavy atom. The predicted molar refractivity (Wildman–Crippen MR) is 131 cm³/mol. The monoisotopic (exact) mass is 503 g/mol. The summed E-state index contributed by atoms with van der Waals surface area (Å²) in [5.41, 5.74) is 3.96. The molecule has 3 rings (SSSR count). The molecule has 3 aromatic rings. The summed E-state index contributed by atoms with van der Waals surface area (Å²) in [6, 6.07) is 19.0. The SMILES string of the molecule is CCc1ccccc1CNC(=NC)NCCc1nccn1Cc1ccccc1.I. The maximum Gasteiger partial charge on any atom is 0.191 e. The van der Waals surface area contributed by atoms with Gasteiger partial charge in [-0.2, -0.15) is 0 Å². The molecular weight excluding hydrogens is 473 g/mol. The first-order chi connectivity index (χ1) is 13.8. The minimum atomic E-state index is 0. The van der Waals surface area contributed by atoms with Crippen molar-refractivity contribution in [3.8, 4) is 0 Å². The summed E-state index contributed by atoms with van der Waals surface area (Å²) in [6.45, 7) is 4.58. The lowest BCUT2D eigenvalue weighted by molar-refractivity contribution is 0.693. The normalized spacial score (nSPS) is 11.0. The fraction of sp³-hybridized carbons (Fsp3) is 0.304. The maximum absolute atomic E-state index is 4.51. The molecule has 0 fully saturated rings. The van der Waals surface area contributed by atoms with Crippen molar-refractivity contribution in [1.29, 1.82) is 0 Å². The summed E-state index contributed by atoms with van der Waals surface area (Å²) in [5, 5.41) is 6.80. The van der Waals surface area contributed by atoms with E-state index in [1.165, 1.54) is 16.7 Å². The van der Waals surface area contributed by atoms with Crippen molar-refractivity contribution in [2.24, 2.45) is 4.99 Å². The molecule has 0 unspecified atom stereocenters. The first kappa shape index (κ1) is 22.9. The zero-order valence-corrected chi connectivity index (χ0v) is 19.5. The Labute approximate surface area is 190 Å². The van der Waals surface area contributed by atoms with Crippen LogP contribution in [0.15, 0.2) is 72.0 Å². The Morgan fingerprint density at radius 3 is 2.45 bits per heavy atom. The van der Waals surface area contributed by atoms with Gasteiger partial charge in [0.15, 0.2) is 5.96 Å². The number of guanidine groups is 1. The maximum atomic E-state index is 4.51. The van der Waals surface area contributed by atoms with Gasteiger partial charge in [-0.3, -0.25) is 4.99 Å². The van der Waals surface area contributed by atoms with Crippen LogP contribution in [0.5, 0.6) is 0 Å². The molecule has 0 amide bonds. The number of halogens is 1. The standard InChI is InChI=1S/C23H29N5.HI/c1-3-20-11-7-8-12-21(20)17-27-23(24-2)26-14-13-22-25-15-16-28(22)18-19-9-5-4-6-10-19;/h4-12,15-16H,3,13-14,17-18H2,1-2H3,(H2,24,26,27);1H. The zero-order valence-electron chi connectivity index (χ0n) is 17.1. The highest BCUT2D eigenvalue weighted by Gasteiger charge is 2.05. The van der Waals surface area contributed by atoms with Crippen molar-refractivity contribution in [2.75, 3.05) is 13.6 Å². The third kappa shape index (κ3) is 6.88. The van der Waals surface area contributed by atoms with Crippen LogP contribution in [-0.4, -0.2) is 29.1 Å². The summed E-state index contributed by atoms with van der Waals surface area (Å²) in [7, 11) is 1.80. The van der Waals surface area contributed by atoms with E-state index in [9.17, 15) is 0 Å². The molecule has 0 aliphatic heterocycles. The number of hydrogen-bond donors (Lipinski definition) is 2. The van der Waals surface area contributed by atoms with Gasteiger partial charge in [0.25, 0.3) is 0 Å². The van der Waals surface area contributed by atoms with Crippen LogP contribution in [0.4, 0.5) is 0 Å². The molecule has 0 aliphatic rings. The number of imidazole rings is 1. The van der Waals surface area contributed by atoms with Gasteiger partial charge in [0.2, 0.25) is 0 Å². The van der Waals surface area contributed by atoms with Gasteiger partial charge in [0, 0.05) is 45.5 Å². The van der Waals surface area contributed by atoms with Crippen LogP contribution < -0.4 is 10.6 Å². The van der Waals surface area contributed by atoms with Crippen LogP contribution in [0.25, 0.3) is 0 Å². The second kappa shape index (κ2) is 12.3. The molecule has 154 valence electrons. The molecule has 5 nitrogen and oxygen atoms in total. The predicted octanol–water partition coefficient (Wildman–Crippen LogP) is 4.02. The van der Waals surface area contributed by atoms with Gasteiger partial charge < -0.3 is 15.2 Å². The summed E-state index contributed by atoms with van der Waals surface area (Å²) in [6.07, 6.45) is 5.78. The lowest BCUT2D eigenvalue weighted by Gasteiger charge is -2.14. The Balaban J connectivity index is 0.00000300. The van der Waals surface area contributed by atoms with E-state index in [4.69, 9.17) is 0 Å². The molecule has 0 saturated carbocycles. The van der Waals surface area contributed by atoms with Crippen LogP contribution in [0.2, 0.25) is 0 Å². The Bertz CT molecular complexity index is 889. The van der Waals surface area contributed by atoms with Gasteiger partial charge in [-0.05, 0) is 23.1 Å². The number of aromatic nitrogens is 2. The van der Waals surface area contributed by atoms with Gasteiger partial charge in [-0.1, -0.05) is 61.5 Å². The highest BCUT2D eigenvalue weighted by molar-refractivity contribution is 14.0. The molecule has 2 N–H and O–H groups in total. The van der Waals surface area contributed by atoms with E-state index in [-0.39, 0.29) is 24.0 Å². The quantitative estimate of drug-likeness (QED) is 0.278. The van der Waals surface area contributed by atoms with Gasteiger partial charge >= 0.3 is 0 Å². The average Bonchev–Trinajstić information content (AvgIpc) is 3.18. The second-order valence-corrected chi connectivity index (χ2v) is 6.68. The highest BCUT2D eigenvalue weighted by Crippen LogP contribution is 2.09. The molecule has 6 heteroatoms. The first-order valence-electron chi connectivity index (χ1n) is 9.85. The van der Waals surface area contributed by atoms with Crippen molar-refractivity contribution in [3.63, 3.8) is 0 Å². The number of aliphatic imine (C=N–C) groups is 1. The highest BCUT2D eigenvalue weighted by atomic mass is 127. The molecule has 0 bridgehead atoms. The van der Waals surface area contributed by atoms with E-state index in [2.05, 4.69) is 80.6 Å². The van der Waals surface area contributed by atoms with Crippen molar-refractivity contribution in [2.45, 2.75) is 32.9 Å². The smallest absolute Gasteiger partial charge is 0.191 e. The Morgan fingerprint density at radius 2 is 1.72 bits per heavy atom. The summed E-state index contributed by atoms with van der Waals surface area (Å²) in [5.74, 6) is 1.88. The van der Waals surface area contributed by atoms with Gasteiger partial charge in [-0.15, -0.1) is 24.0 Å². The number of benzene rings is 2. The lowest BCUT2D eigenvalue weighted by atomic mass is 10.1. The van der Waals surface area contributed by atoms with Crippen LogP contribution in [0, 0.1) is 0 Å². The topological polar surface area (TPSA) is 54.2 Å². The fourth-order valence-corrected chi connectivity index (χ4v) is 3.26. The minimum Gasteiger partial charge on any atom is -0.356 e. The van der Waals surface area contributed by atoms with E-state index in [1.54, 1.807) is 7.05 Å². The van der Waals surface area contributed by atoms with Gasteiger partial charge in [0.1, 0.15) is 5.82 Å². The molecule has 0 aliphatic carbocycles. The lowest BCUT2D eigenvalue weighted by Crippen LogP contribution is -2.38. The summed E-state index contributed by atoms with van der Waals surface area (Å²) < 4.78 is 2.20. The van der Waals surface area contributed by atoms with Crippen molar-refractivity contribution >= 4 is 29.9 Å². The summed E-state index contributed by atoms with van der Waals surface area (Å²) >= 11 is 0. The Hall–Kier alpha value is -2.35. The zero-order chi connectivity index (χ0) is 19.6. The number of aryl methyl sites for hydroxylation is 1. The van der Waals surface area contributed by atoms with Crippen LogP contribution >= 0.6 is 24.0 Å². The summed E-state index contributed by atoms with van der Waals surface area (Å²) in [4.78, 5) is 8.85. The van der Waals surface area contributed by atoms with E-state index >= 15 is 0 Å². The molecule has 1 heterocycles. The average molecular weight is 503 g/mol. The molecule has 0 spiro atoms. The molecule has 1 aromatic heterocycles. The number of hydrogen-bond acceptors (Lipinski definition) is 2. The molecule has 29 heavy (non-hydrogen) atoms. The second-order valence-electron chi connectivity index (χ2n) is 6.68. The van der Waals surface area contributed by atoms with Crippen molar-refractivity contribution in [1.82, 2.24) is 20.2 Å². The number of rotatable bonds is 8. The molecule has 0 saturated heterocycles. The molecule has 0 radical (unpaired) electrons. The first-order valence-corrected chi connectivity index (χ1v) is 9.85. The van der Waals surface area contributed by atoms with E-state index in [0.717, 1.165) is 44.3 Å². The van der Waals surface area contributed by atoms with Crippen molar-refractivity contribution < 1.29 is 0 Å². The van der Waals surface area contributed by atoms with Crippen molar-refractivity contribution in [3.05, 3.63) is 89.5 Å². The molecule has 0 atom stereocenters. The number of nitrogens with one attached hydrogen (secondary N) is 2. The van der Waals surface area contributed by atoms with Crippen LogP contribution in [-0.2, 0) is 25.9 Å². The minimum absolute atomic E-state index is 0. The molecular formula is C23H30IN5.